The zero-order valence-electron chi connectivity index (χ0n) is 51.7. The summed E-state index contributed by atoms with van der Waals surface area (Å²) in [5.41, 5.74) is 0. The minimum absolute atomic E-state index is 0.0663. The third-order valence-corrected chi connectivity index (χ3v) is 15.3. The highest BCUT2D eigenvalue weighted by atomic mass is 16.6. The molecule has 0 amide bonds. The zero-order valence-corrected chi connectivity index (χ0v) is 51.7. The van der Waals surface area contributed by atoms with Crippen LogP contribution in [-0.2, 0) is 28.6 Å². The van der Waals surface area contributed by atoms with Gasteiger partial charge in [-0.15, -0.1) is 0 Å². The molecule has 0 rings (SSSR count). The molecule has 77 heavy (non-hydrogen) atoms. The van der Waals surface area contributed by atoms with Gasteiger partial charge in [-0.3, -0.25) is 14.4 Å². The van der Waals surface area contributed by atoms with Crippen LogP contribution in [0.4, 0.5) is 0 Å². The minimum atomic E-state index is -0.767. The Morgan fingerprint density at radius 3 is 0.792 bits per heavy atom. The fraction of sp³-hybridized carbons (Fsp3) is 0.845. The Labute approximate surface area is 479 Å². The Hall–Kier alpha value is -2.63. The number of ether oxygens (including phenoxy) is 3. The summed E-state index contributed by atoms with van der Waals surface area (Å²) in [4.78, 5) is 38.2. The summed E-state index contributed by atoms with van der Waals surface area (Å²) in [7, 11) is 0. The van der Waals surface area contributed by atoms with Crippen LogP contribution >= 0.6 is 0 Å². The summed E-state index contributed by atoms with van der Waals surface area (Å²) in [6.45, 7) is 6.57. The third kappa shape index (κ3) is 64.1. The van der Waals surface area contributed by atoms with E-state index in [1.165, 1.54) is 244 Å². The highest BCUT2D eigenvalue weighted by Crippen LogP contribution is 2.18. The van der Waals surface area contributed by atoms with Crippen molar-refractivity contribution < 1.29 is 28.6 Å². The van der Waals surface area contributed by atoms with E-state index in [2.05, 4.69) is 69.4 Å². The summed E-state index contributed by atoms with van der Waals surface area (Å²) in [5, 5.41) is 0. The molecule has 450 valence electrons. The largest absolute Gasteiger partial charge is 0.462 e. The molecule has 0 bridgehead atoms. The molecular weight excluding hydrogens is 949 g/mol. The van der Waals surface area contributed by atoms with Gasteiger partial charge in [0.25, 0.3) is 0 Å². The van der Waals surface area contributed by atoms with Crippen LogP contribution in [0.2, 0.25) is 0 Å². The molecule has 0 saturated carbocycles. The number of hydrogen-bond acceptors (Lipinski definition) is 6. The van der Waals surface area contributed by atoms with Crippen molar-refractivity contribution >= 4 is 17.9 Å². The van der Waals surface area contributed by atoms with Gasteiger partial charge in [-0.05, 0) is 57.8 Å². The van der Waals surface area contributed by atoms with Gasteiger partial charge in [-0.25, -0.2) is 0 Å². The maximum absolute atomic E-state index is 12.9. The quantitative estimate of drug-likeness (QED) is 0.0261. The van der Waals surface area contributed by atoms with Gasteiger partial charge < -0.3 is 14.2 Å². The van der Waals surface area contributed by atoms with Crippen LogP contribution in [-0.4, -0.2) is 37.2 Å². The third-order valence-electron chi connectivity index (χ3n) is 15.3. The molecule has 0 heterocycles. The second-order valence-corrected chi connectivity index (χ2v) is 23.1. The average Bonchev–Trinajstić information content (AvgIpc) is 3.43. The summed E-state index contributed by atoms with van der Waals surface area (Å²) in [6, 6.07) is 0. The fourth-order valence-electron chi connectivity index (χ4n) is 10.3. The standard InChI is InChI=1S/C71H130O6/c1-4-7-10-13-16-19-21-23-25-27-29-31-32-33-34-35-36-37-38-40-41-43-45-47-49-52-55-58-61-64-70(73)76-67-68(66-75-69(72)63-60-57-54-51-18-15-12-9-6-3)77-71(74)65-62-59-56-53-50-48-46-44-42-39-30-28-26-24-22-20-17-14-11-8-5-2/h7,10,16,19,23,25,29,31,68H,4-6,8-9,11-15,17-18,20-22,24,26-28,30,32-67H2,1-3H3/b10-7-,19-16-,25-23-,31-29-. The SMILES string of the molecule is CC/C=C\C/C=C\C/C=C\C/C=C\CCCCCCCCCCCCCCCCCCC(=O)OCC(COC(=O)CCCCCCCCCCC)OC(=O)CCCCCCCCCCCCCCCCCCCCCCC. The predicted molar refractivity (Wildman–Crippen MR) is 335 cm³/mol. The van der Waals surface area contributed by atoms with Crippen molar-refractivity contribution in [1.82, 2.24) is 0 Å². The van der Waals surface area contributed by atoms with Crippen LogP contribution in [0.1, 0.15) is 367 Å². The minimum Gasteiger partial charge on any atom is -0.462 e. The van der Waals surface area contributed by atoms with E-state index in [4.69, 9.17) is 14.2 Å². The molecule has 0 aliphatic heterocycles. The lowest BCUT2D eigenvalue weighted by atomic mass is 10.0. The summed E-state index contributed by atoms with van der Waals surface area (Å²) in [5.74, 6) is -0.843. The van der Waals surface area contributed by atoms with E-state index in [-0.39, 0.29) is 31.1 Å². The van der Waals surface area contributed by atoms with Crippen molar-refractivity contribution in [3.05, 3.63) is 48.6 Å². The number of unbranched alkanes of at least 4 members (excludes halogenated alkanes) is 44. The highest BCUT2D eigenvalue weighted by Gasteiger charge is 2.19. The van der Waals surface area contributed by atoms with Gasteiger partial charge >= 0.3 is 17.9 Å². The Balaban J connectivity index is 4.10. The molecule has 0 N–H and O–H groups in total. The van der Waals surface area contributed by atoms with E-state index in [9.17, 15) is 14.4 Å². The van der Waals surface area contributed by atoms with E-state index >= 15 is 0 Å². The zero-order chi connectivity index (χ0) is 55.7. The molecule has 0 aliphatic rings. The molecule has 6 nitrogen and oxygen atoms in total. The van der Waals surface area contributed by atoms with Crippen LogP contribution in [0, 0.1) is 0 Å². The Morgan fingerprint density at radius 1 is 0.273 bits per heavy atom. The number of allylic oxidation sites excluding steroid dienone is 8. The first-order valence-electron chi connectivity index (χ1n) is 34.1. The lowest BCUT2D eigenvalue weighted by Crippen LogP contribution is -2.30. The molecule has 1 atom stereocenters. The first kappa shape index (κ1) is 74.4. The first-order valence-corrected chi connectivity index (χ1v) is 34.1. The van der Waals surface area contributed by atoms with Crippen molar-refractivity contribution in [2.24, 2.45) is 0 Å². The molecule has 0 saturated heterocycles. The summed E-state index contributed by atoms with van der Waals surface area (Å²) < 4.78 is 16.9. The van der Waals surface area contributed by atoms with Crippen molar-refractivity contribution in [3.8, 4) is 0 Å². The van der Waals surface area contributed by atoms with Crippen molar-refractivity contribution in [3.63, 3.8) is 0 Å². The van der Waals surface area contributed by atoms with Crippen molar-refractivity contribution in [2.75, 3.05) is 13.2 Å². The van der Waals surface area contributed by atoms with E-state index in [1.807, 2.05) is 0 Å². The van der Waals surface area contributed by atoms with Gasteiger partial charge in [-0.2, -0.15) is 0 Å². The number of carbonyl (C=O) groups excluding carboxylic acids is 3. The van der Waals surface area contributed by atoms with Crippen LogP contribution in [0.5, 0.6) is 0 Å². The van der Waals surface area contributed by atoms with Gasteiger partial charge in [0, 0.05) is 19.3 Å². The Morgan fingerprint density at radius 2 is 0.506 bits per heavy atom. The summed E-state index contributed by atoms with van der Waals surface area (Å²) in [6.07, 6.45) is 82.9. The smallest absolute Gasteiger partial charge is 0.306 e. The molecule has 1 unspecified atom stereocenters. The molecule has 0 radical (unpaired) electrons. The first-order chi connectivity index (χ1) is 38.0. The van der Waals surface area contributed by atoms with E-state index in [0.29, 0.717) is 19.3 Å². The number of hydrogen-bond donors (Lipinski definition) is 0. The van der Waals surface area contributed by atoms with Gasteiger partial charge in [0.1, 0.15) is 13.2 Å². The van der Waals surface area contributed by atoms with Gasteiger partial charge in [0.05, 0.1) is 0 Å². The molecule has 0 aromatic rings. The lowest BCUT2D eigenvalue weighted by Gasteiger charge is -2.18. The molecule has 6 heteroatoms. The maximum atomic E-state index is 12.9. The lowest BCUT2D eigenvalue weighted by molar-refractivity contribution is -0.167. The van der Waals surface area contributed by atoms with Gasteiger partial charge in [0.2, 0.25) is 0 Å². The molecule has 0 fully saturated rings. The van der Waals surface area contributed by atoms with Crippen LogP contribution < -0.4 is 0 Å². The molecule has 0 aromatic heterocycles. The monoisotopic (exact) mass is 1080 g/mol. The van der Waals surface area contributed by atoms with Crippen molar-refractivity contribution in [1.29, 1.82) is 0 Å². The van der Waals surface area contributed by atoms with Crippen LogP contribution in [0.3, 0.4) is 0 Å². The van der Waals surface area contributed by atoms with Crippen LogP contribution in [0.25, 0.3) is 0 Å². The topological polar surface area (TPSA) is 78.9 Å². The van der Waals surface area contributed by atoms with E-state index in [0.717, 1.165) is 83.5 Å². The normalized spacial score (nSPS) is 12.3. The number of rotatable bonds is 63. The number of esters is 3. The van der Waals surface area contributed by atoms with Gasteiger partial charge in [-0.1, -0.05) is 339 Å². The predicted octanol–water partition coefficient (Wildman–Crippen LogP) is 23.3. The molecule has 0 aliphatic carbocycles. The Kier molecular flexibility index (Phi) is 63.6. The fourth-order valence-corrected chi connectivity index (χ4v) is 10.3. The second kappa shape index (κ2) is 65.9. The number of carbonyl (C=O) groups is 3. The second-order valence-electron chi connectivity index (χ2n) is 23.1. The molecule has 0 aromatic carbocycles. The Bertz CT molecular complexity index is 1330. The van der Waals surface area contributed by atoms with E-state index < -0.39 is 6.10 Å². The van der Waals surface area contributed by atoms with E-state index in [1.54, 1.807) is 0 Å². The maximum Gasteiger partial charge on any atom is 0.306 e. The summed E-state index contributed by atoms with van der Waals surface area (Å²) >= 11 is 0. The average molecular weight is 1080 g/mol. The van der Waals surface area contributed by atoms with Crippen LogP contribution in [0.15, 0.2) is 48.6 Å². The van der Waals surface area contributed by atoms with Crippen molar-refractivity contribution in [2.45, 2.75) is 374 Å². The highest BCUT2D eigenvalue weighted by molar-refractivity contribution is 5.71. The van der Waals surface area contributed by atoms with Gasteiger partial charge in [0.15, 0.2) is 6.10 Å². The molecule has 0 spiro atoms. The molecular formula is C71H130O6.